The van der Waals surface area contributed by atoms with Crippen molar-refractivity contribution in [3.05, 3.63) is 69.2 Å². The van der Waals surface area contributed by atoms with Gasteiger partial charge >= 0.3 is 0 Å². The molecule has 0 fully saturated rings. The fourth-order valence-corrected chi connectivity index (χ4v) is 3.89. The molecule has 3 aromatic rings. The summed E-state index contributed by atoms with van der Waals surface area (Å²) < 4.78 is 0. The molecule has 1 aromatic heterocycles. The molecule has 2 heterocycles. The maximum atomic E-state index is 12.2. The summed E-state index contributed by atoms with van der Waals surface area (Å²) in [7, 11) is 0. The van der Waals surface area contributed by atoms with Crippen molar-refractivity contribution in [3.63, 3.8) is 0 Å². The van der Waals surface area contributed by atoms with Gasteiger partial charge in [-0.1, -0.05) is 35.3 Å². The molecular formula is C19H11Cl2N3O2S. The minimum atomic E-state index is -0.360. The molecule has 4 rings (SSSR count). The van der Waals surface area contributed by atoms with Gasteiger partial charge in [-0.2, -0.15) is 4.99 Å². The lowest BCUT2D eigenvalue weighted by atomic mass is 10.1. The average Bonchev–Trinajstić information content (AvgIpc) is 2.98. The predicted molar refractivity (Wildman–Crippen MR) is 112 cm³/mol. The number of hydrogen-bond acceptors (Lipinski definition) is 5. The first-order valence-corrected chi connectivity index (χ1v) is 9.40. The lowest BCUT2D eigenvalue weighted by Gasteiger charge is -2.08. The SMILES string of the molecule is O=C1N=C(Nc2c(Cl)cccc2Cl)SC1=Cc1ccc2nccc(O)c2c1. The fraction of sp³-hybridized carbons (Fsp3) is 0. The first kappa shape index (κ1) is 17.9. The van der Waals surface area contributed by atoms with Gasteiger partial charge in [0.1, 0.15) is 5.75 Å². The number of carbonyl (C=O) groups is 1. The molecule has 2 aromatic carbocycles. The zero-order valence-corrected chi connectivity index (χ0v) is 15.9. The molecule has 5 nitrogen and oxygen atoms in total. The molecule has 0 radical (unpaired) electrons. The first-order chi connectivity index (χ1) is 13.0. The van der Waals surface area contributed by atoms with Gasteiger partial charge in [-0.15, -0.1) is 0 Å². The molecule has 27 heavy (non-hydrogen) atoms. The van der Waals surface area contributed by atoms with Crippen molar-refractivity contribution in [1.29, 1.82) is 0 Å². The van der Waals surface area contributed by atoms with Crippen LogP contribution in [0.5, 0.6) is 5.75 Å². The molecule has 0 saturated heterocycles. The highest BCUT2D eigenvalue weighted by atomic mass is 35.5. The van der Waals surface area contributed by atoms with Crippen LogP contribution in [0.25, 0.3) is 17.0 Å². The molecule has 1 aliphatic rings. The third-order valence-corrected chi connectivity index (χ3v) is 5.38. The zero-order chi connectivity index (χ0) is 19.0. The standard InChI is InChI=1S/C19H11Cl2N3O2S/c20-12-2-1-3-13(21)17(12)23-19-24-18(26)16(27-19)9-10-4-5-14-11(8-10)15(25)6-7-22-14/h1-9H,(H,22,25)(H,23,24,26). The number of carbonyl (C=O) groups excluding carboxylic acids is 1. The van der Waals surface area contributed by atoms with E-state index in [2.05, 4.69) is 15.3 Å². The van der Waals surface area contributed by atoms with Crippen LogP contribution in [-0.4, -0.2) is 21.2 Å². The maximum absolute atomic E-state index is 12.2. The van der Waals surface area contributed by atoms with E-state index in [1.165, 1.54) is 24.0 Å². The van der Waals surface area contributed by atoms with Crippen LogP contribution >= 0.6 is 35.0 Å². The number of para-hydroxylation sites is 1. The Hall–Kier alpha value is -2.54. The molecule has 2 N–H and O–H groups in total. The molecule has 0 saturated carbocycles. The van der Waals surface area contributed by atoms with Crippen LogP contribution in [0.3, 0.4) is 0 Å². The molecule has 8 heteroatoms. The first-order valence-electron chi connectivity index (χ1n) is 7.82. The highest BCUT2D eigenvalue weighted by Crippen LogP contribution is 2.35. The van der Waals surface area contributed by atoms with Crippen LogP contribution in [-0.2, 0) is 4.79 Å². The minimum absolute atomic E-state index is 0.137. The van der Waals surface area contributed by atoms with Gasteiger partial charge in [0.15, 0.2) is 5.17 Å². The number of thioether (sulfide) groups is 1. The van der Waals surface area contributed by atoms with Crippen molar-refractivity contribution in [1.82, 2.24) is 4.98 Å². The van der Waals surface area contributed by atoms with Gasteiger partial charge in [0.2, 0.25) is 0 Å². The van der Waals surface area contributed by atoms with E-state index in [4.69, 9.17) is 23.2 Å². The Morgan fingerprint density at radius 2 is 1.89 bits per heavy atom. The number of anilines is 1. The Bertz CT molecular complexity index is 1120. The molecule has 0 spiro atoms. The number of benzene rings is 2. The van der Waals surface area contributed by atoms with Crippen molar-refractivity contribution < 1.29 is 9.90 Å². The van der Waals surface area contributed by atoms with Crippen LogP contribution in [0.1, 0.15) is 5.56 Å². The van der Waals surface area contributed by atoms with Crippen LogP contribution < -0.4 is 5.32 Å². The van der Waals surface area contributed by atoms with Gasteiger partial charge in [0.25, 0.3) is 5.91 Å². The van der Waals surface area contributed by atoms with Crippen LogP contribution in [0.2, 0.25) is 10.0 Å². The summed E-state index contributed by atoms with van der Waals surface area (Å²) in [5, 5.41) is 14.9. The van der Waals surface area contributed by atoms with E-state index < -0.39 is 0 Å². The van der Waals surface area contributed by atoms with Gasteiger partial charge in [-0.05, 0) is 53.7 Å². The predicted octanol–water partition coefficient (Wildman–Crippen LogP) is 5.33. The van der Waals surface area contributed by atoms with Gasteiger partial charge in [0, 0.05) is 11.6 Å². The lowest BCUT2D eigenvalue weighted by Crippen LogP contribution is -2.05. The van der Waals surface area contributed by atoms with Gasteiger partial charge < -0.3 is 10.4 Å². The van der Waals surface area contributed by atoms with Crippen LogP contribution in [0.15, 0.2) is 58.6 Å². The van der Waals surface area contributed by atoms with E-state index in [0.29, 0.717) is 36.7 Å². The quantitative estimate of drug-likeness (QED) is 0.553. The molecule has 0 bridgehead atoms. The summed E-state index contributed by atoms with van der Waals surface area (Å²) in [5.41, 5.74) is 1.94. The van der Waals surface area contributed by atoms with Gasteiger partial charge in [0.05, 0.1) is 26.2 Å². The van der Waals surface area contributed by atoms with Crippen molar-refractivity contribution in [2.45, 2.75) is 0 Å². The zero-order valence-electron chi connectivity index (χ0n) is 13.6. The second kappa shape index (κ2) is 7.23. The summed E-state index contributed by atoms with van der Waals surface area (Å²) in [4.78, 5) is 20.9. The molecule has 134 valence electrons. The minimum Gasteiger partial charge on any atom is -0.507 e. The number of nitrogens with zero attached hydrogens (tertiary/aromatic N) is 2. The Morgan fingerprint density at radius 3 is 2.67 bits per heavy atom. The average molecular weight is 416 g/mol. The van der Waals surface area contributed by atoms with Crippen molar-refractivity contribution in [3.8, 4) is 5.75 Å². The Balaban J connectivity index is 1.60. The van der Waals surface area contributed by atoms with E-state index in [-0.39, 0.29) is 11.7 Å². The summed E-state index contributed by atoms with van der Waals surface area (Å²) in [6, 6.07) is 12.0. The number of aliphatic imine (C=N–C) groups is 1. The summed E-state index contributed by atoms with van der Waals surface area (Å²) in [6.45, 7) is 0. The molecule has 1 aliphatic heterocycles. The second-order valence-electron chi connectivity index (χ2n) is 5.66. The number of amidine groups is 1. The molecule has 0 aliphatic carbocycles. The van der Waals surface area contributed by atoms with Gasteiger partial charge in [-0.25, -0.2) is 0 Å². The summed E-state index contributed by atoms with van der Waals surface area (Å²) >= 11 is 13.5. The Morgan fingerprint density at radius 1 is 1.11 bits per heavy atom. The van der Waals surface area contributed by atoms with E-state index in [1.54, 1.807) is 36.4 Å². The highest BCUT2D eigenvalue weighted by Gasteiger charge is 2.23. The lowest BCUT2D eigenvalue weighted by molar-refractivity contribution is -0.113. The number of halogens is 2. The number of rotatable bonds is 2. The van der Waals surface area contributed by atoms with E-state index in [1.807, 2.05) is 6.07 Å². The smallest absolute Gasteiger partial charge is 0.286 e. The number of nitrogens with one attached hydrogen (secondary N) is 1. The number of amides is 1. The van der Waals surface area contributed by atoms with Crippen LogP contribution in [0, 0.1) is 0 Å². The third kappa shape index (κ3) is 3.64. The number of hydrogen-bond donors (Lipinski definition) is 2. The third-order valence-electron chi connectivity index (χ3n) is 3.86. The molecule has 0 unspecified atom stereocenters. The van der Waals surface area contributed by atoms with Crippen molar-refractivity contribution in [2.75, 3.05) is 5.32 Å². The topological polar surface area (TPSA) is 74.6 Å². The normalized spacial score (nSPS) is 15.4. The van der Waals surface area contributed by atoms with E-state index in [9.17, 15) is 9.90 Å². The second-order valence-corrected chi connectivity index (χ2v) is 7.51. The van der Waals surface area contributed by atoms with Crippen molar-refractivity contribution >= 4 is 68.7 Å². The number of fused-ring (bicyclic) bond motifs is 1. The highest BCUT2D eigenvalue weighted by molar-refractivity contribution is 8.18. The summed E-state index contributed by atoms with van der Waals surface area (Å²) in [6.07, 6.45) is 3.25. The largest absolute Gasteiger partial charge is 0.507 e. The van der Waals surface area contributed by atoms with Crippen LogP contribution in [0.4, 0.5) is 5.69 Å². The van der Waals surface area contributed by atoms with Crippen molar-refractivity contribution in [2.24, 2.45) is 4.99 Å². The molecular weight excluding hydrogens is 405 g/mol. The Labute approximate surface area is 168 Å². The summed E-state index contributed by atoms with van der Waals surface area (Å²) in [5.74, 6) is -0.223. The molecule has 1 amide bonds. The maximum Gasteiger partial charge on any atom is 0.286 e. The van der Waals surface area contributed by atoms with E-state index in [0.717, 1.165) is 5.56 Å². The fourth-order valence-electron chi connectivity index (χ4n) is 2.58. The monoisotopic (exact) mass is 415 g/mol. The number of aromatic hydroxyl groups is 1. The number of pyridine rings is 1. The Kier molecular flexibility index (Phi) is 4.78. The number of aromatic nitrogens is 1. The van der Waals surface area contributed by atoms with Gasteiger partial charge in [-0.3, -0.25) is 9.78 Å². The molecule has 0 atom stereocenters. The van der Waals surface area contributed by atoms with E-state index >= 15 is 0 Å².